The van der Waals surface area contributed by atoms with Gasteiger partial charge in [0, 0.05) is 45.1 Å². The zero-order valence-electron chi connectivity index (χ0n) is 11.1. The second-order valence-corrected chi connectivity index (χ2v) is 5.87. The number of piperazine rings is 1. The topological polar surface area (TPSA) is 32.3 Å². The largest absolute Gasteiger partial charge is 0.338 e. The van der Waals surface area contributed by atoms with Gasteiger partial charge in [-0.15, -0.1) is 0 Å². The molecular weight excluding hydrogens is 212 g/mol. The number of hydrogen-bond acceptors (Lipinski definition) is 4. The molecule has 0 saturated carbocycles. The molecule has 17 heavy (non-hydrogen) atoms. The van der Waals surface area contributed by atoms with Crippen molar-refractivity contribution in [2.45, 2.75) is 20.8 Å². The van der Waals surface area contributed by atoms with Crippen molar-refractivity contribution in [1.29, 1.82) is 0 Å². The summed E-state index contributed by atoms with van der Waals surface area (Å²) in [5.74, 6) is 0.864. The van der Waals surface area contributed by atoms with Gasteiger partial charge in [-0.2, -0.15) is 0 Å². The molecule has 1 fully saturated rings. The lowest BCUT2D eigenvalue weighted by Crippen LogP contribution is -2.49. The van der Waals surface area contributed by atoms with Gasteiger partial charge in [-0.25, -0.2) is 9.97 Å². The zero-order chi connectivity index (χ0) is 12.3. The first-order chi connectivity index (χ1) is 8.04. The third kappa shape index (κ3) is 3.66. The van der Waals surface area contributed by atoms with Crippen molar-refractivity contribution >= 4 is 5.95 Å². The van der Waals surface area contributed by atoms with Crippen LogP contribution < -0.4 is 4.90 Å². The molecule has 0 unspecified atom stereocenters. The summed E-state index contributed by atoms with van der Waals surface area (Å²) < 4.78 is 0. The smallest absolute Gasteiger partial charge is 0.225 e. The van der Waals surface area contributed by atoms with E-state index >= 15 is 0 Å². The predicted octanol–water partition coefficient (Wildman–Crippen LogP) is 1.64. The molecule has 0 atom stereocenters. The van der Waals surface area contributed by atoms with E-state index in [9.17, 15) is 0 Å². The fourth-order valence-corrected chi connectivity index (χ4v) is 2.23. The van der Waals surface area contributed by atoms with Crippen molar-refractivity contribution in [2.75, 3.05) is 37.6 Å². The Morgan fingerprint density at radius 2 is 1.65 bits per heavy atom. The molecule has 2 heterocycles. The SMILES string of the molecule is CC(C)(C)CN1CCN(c2ncccn2)CC1. The quantitative estimate of drug-likeness (QED) is 0.779. The molecule has 0 aliphatic carbocycles. The first-order valence-electron chi connectivity index (χ1n) is 6.29. The van der Waals surface area contributed by atoms with Crippen LogP contribution in [0.4, 0.5) is 5.95 Å². The van der Waals surface area contributed by atoms with E-state index in [1.807, 2.05) is 18.5 Å². The van der Waals surface area contributed by atoms with E-state index in [1.165, 1.54) is 0 Å². The Hall–Kier alpha value is -1.16. The molecule has 0 spiro atoms. The molecule has 4 nitrogen and oxygen atoms in total. The predicted molar refractivity (Wildman–Crippen MR) is 70.1 cm³/mol. The molecule has 4 heteroatoms. The Labute approximate surface area is 104 Å². The molecule has 1 aromatic heterocycles. The van der Waals surface area contributed by atoms with Crippen molar-refractivity contribution in [3.63, 3.8) is 0 Å². The lowest BCUT2D eigenvalue weighted by molar-refractivity contribution is 0.182. The van der Waals surface area contributed by atoms with Gasteiger partial charge in [-0.05, 0) is 11.5 Å². The van der Waals surface area contributed by atoms with E-state index < -0.39 is 0 Å². The average Bonchev–Trinajstić information content (AvgIpc) is 2.29. The zero-order valence-corrected chi connectivity index (χ0v) is 11.1. The standard InChI is InChI=1S/C13H22N4/c1-13(2,3)11-16-7-9-17(10-8-16)12-14-5-4-6-15-12/h4-6H,7-11H2,1-3H3. The highest BCUT2D eigenvalue weighted by Crippen LogP contribution is 2.17. The van der Waals surface area contributed by atoms with Crippen LogP contribution in [0.5, 0.6) is 0 Å². The van der Waals surface area contributed by atoms with Crippen molar-refractivity contribution < 1.29 is 0 Å². The summed E-state index contributed by atoms with van der Waals surface area (Å²) in [6.45, 7) is 12.3. The van der Waals surface area contributed by atoms with Crippen LogP contribution in [-0.2, 0) is 0 Å². The van der Waals surface area contributed by atoms with Gasteiger partial charge in [0.05, 0.1) is 0 Å². The maximum absolute atomic E-state index is 4.30. The highest BCUT2D eigenvalue weighted by Gasteiger charge is 2.22. The lowest BCUT2D eigenvalue weighted by atomic mass is 9.96. The molecule has 0 bridgehead atoms. The normalized spacial score (nSPS) is 18.4. The fraction of sp³-hybridized carbons (Fsp3) is 0.692. The van der Waals surface area contributed by atoms with E-state index in [0.29, 0.717) is 5.41 Å². The second-order valence-electron chi connectivity index (χ2n) is 5.87. The third-order valence-corrected chi connectivity index (χ3v) is 2.91. The highest BCUT2D eigenvalue weighted by atomic mass is 15.3. The van der Waals surface area contributed by atoms with E-state index in [-0.39, 0.29) is 0 Å². The molecule has 0 aromatic carbocycles. The lowest BCUT2D eigenvalue weighted by Gasteiger charge is -2.37. The van der Waals surface area contributed by atoms with E-state index in [4.69, 9.17) is 0 Å². The minimum Gasteiger partial charge on any atom is -0.338 e. The van der Waals surface area contributed by atoms with Gasteiger partial charge in [0.15, 0.2) is 0 Å². The Morgan fingerprint density at radius 1 is 1.06 bits per heavy atom. The number of nitrogens with zero attached hydrogens (tertiary/aromatic N) is 4. The van der Waals surface area contributed by atoms with Crippen molar-refractivity contribution in [3.05, 3.63) is 18.5 Å². The van der Waals surface area contributed by atoms with Crippen LogP contribution in [0.1, 0.15) is 20.8 Å². The summed E-state index contributed by atoms with van der Waals surface area (Å²) in [7, 11) is 0. The monoisotopic (exact) mass is 234 g/mol. The second kappa shape index (κ2) is 5.00. The van der Waals surface area contributed by atoms with Gasteiger partial charge in [-0.3, -0.25) is 4.90 Å². The van der Waals surface area contributed by atoms with Crippen LogP contribution in [-0.4, -0.2) is 47.6 Å². The first kappa shape index (κ1) is 12.3. The van der Waals surface area contributed by atoms with Gasteiger partial charge in [0.25, 0.3) is 0 Å². The molecule has 0 radical (unpaired) electrons. The minimum atomic E-state index is 0.380. The average molecular weight is 234 g/mol. The molecule has 1 saturated heterocycles. The summed E-state index contributed by atoms with van der Waals surface area (Å²) in [5, 5.41) is 0. The van der Waals surface area contributed by atoms with Crippen LogP contribution in [0.2, 0.25) is 0 Å². The fourth-order valence-electron chi connectivity index (χ4n) is 2.23. The van der Waals surface area contributed by atoms with E-state index in [1.54, 1.807) is 0 Å². The summed E-state index contributed by atoms with van der Waals surface area (Å²) in [4.78, 5) is 13.4. The number of rotatable bonds is 2. The van der Waals surface area contributed by atoms with Gasteiger partial charge in [0.1, 0.15) is 0 Å². The van der Waals surface area contributed by atoms with E-state index in [0.717, 1.165) is 38.7 Å². The van der Waals surface area contributed by atoms with E-state index in [2.05, 4.69) is 40.5 Å². The Bertz CT molecular complexity index is 336. The Balaban J connectivity index is 1.86. The minimum absolute atomic E-state index is 0.380. The first-order valence-corrected chi connectivity index (χ1v) is 6.29. The van der Waals surface area contributed by atoms with Crippen molar-refractivity contribution in [1.82, 2.24) is 14.9 Å². The van der Waals surface area contributed by atoms with Crippen molar-refractivity contribution in [2.24, 2.45) is 5.41 Å². The van der Waals surface area contributed by atoms with Gasteiger partial charge < -0.3 is 4.90 Å². The van der Waals surface area contributed by atoms with Crippen LogP contribution in [0.15, 0.2) is 18.5 Å². The molecule has 0 amide bonds. The molecule has 94 valence electrons. The number of hydrogen-bond donors (Lipinski definition) is 0. The molecule has 0 N–H and O–H groups in total. The molecule has 1 aromatic rings. The summed E-state index contributed by atoms with van der Waals surface area (Å²) >= 11 is 0. The van der Waals surface area contributed by atoms with Crippen LogP contribution >= 0.6 is 0 Å². The highest BCUT2D eigenvalue weighted by molar-refractivity contribution is 5.29. The maximum Gasteiger partial charge on any atom is 0.225 e. The third-order valence-electron chi connectivity index (χ3n) is 2.91. The van der Waals surface area contributed by atoms with Gasteiger partial charge >= 0.3 is 0 Å². The summed E-state index contributed by atoms with van der Waals surface area (Å²) in [6.07, 6.45) is 3.62. The summed E-state index contributed by atoms with van der Waals surface area (Å²) in [5.41, 5.74) is 0.380. The maximum atomic E-state index is 4.30. The molecule has 1 aliphatic heterocycles. The van der Waals surface area contributed by atoms with Gasteiger partial charge in [0.2, 0.25) is 5.95 Å². The van der Waals surface area contributed by atoms with Crippen molar-refractivity contribution in [3.8, 4) is 0 Å². The molecule has 2 rings (SSSR count). The van der Waals surface area contributed by atoms with Crippen LogP contribution in [0, 0.1) is 5.41 Å². The van der Waals surface area contributed by atoms with Crippen LogP contribution in [0.3, 0.4) is 0 Å². The number of aromatic nitrogens is 2. The summed E-state index contributed by atoms with van der Waals surface area (Å²) in [6, 6.07) is 1.86. The Kier molecular flexibility index (Phi) is 3.62. The molecular formula is C13H22N4. The van der Waals surface area contributed by atoms with Crippen LogP contribution in [0.25, 0.3) is 0 Å². The number of anilines is 1. The Morgan fingerprint density at radius 3 is 2.18 bits per heavy atom. The van der Waals surface area contributed by atoms with Gasteiger partial charge in [-0.1, -0.05) is 20.8 Å². The molecule has 1 aliphatic rings.